The molecule has 1 saturated heterocycles. The number of halogens is 1. The normalized spacial score (nSPS) is 22.9. The zero-order chi connectivity index (χ0) is 14.7. The van der Waals surface area contributed by atoms with Crippen LogP contribution in [0.4, 0.5) is 0 Å². The van der Waals surface area contributed by atoms with Crippen LogP contribution in [0.25, 0.3) is 0 Å². The van der Waals surface area contributed by atoms with E-state index in [2.05, 4.69) is 6.92 Å². The van der Waals surface area contributed by atoms with Crippen molar-refractivity contribution < 1.29 is 15.0 Å². The molecule has 2 N–H and O–H groups in total. The molecule has 2 atom stereocenters. The van der Waals surface area contributed by atoms with Gasteiger partial charge in [-0.05, 0) is 36.5 Å². The maximum Gasteiger partial charge on any atom is 0.227 e. The number of aliphatic hydroxyl groups is 1. The van der Waals surface area contributed by atoms with E-state index in [9.17, 15) is 15.0 Å². The fourth-order valence-electron chi connectivity index (χ4n) is 2.78. The van der Waals surface area contributed by atoms with Crippen molar-refractivity contribution in [3.8, 4) is 5.75 Å². The molecule has 0 saturated carbocycles. The Morgan fingerprint density at radius 1 is 1.50 bits per heavy atom. The third kappa shape index (κ3) is 3.25. The summed E-state index contributed by atoms with van der Waals surface area (Å²) in [5.41, 5.74) is 0.699. The molecule has 1 aromatic rings. The molecule has 0 unspecified atom stereocenters. The summed E-state index contributed by atoms with van der Waals surface area (Å²) < 4.78 is 0. The van der Waals surface area contributed by atoms with Gasteiger partial charge in [-0.3, -0.25) is 4.79 Å². The van der Waals surface area contributed by atoms with Gasteiger partial charge < -0.3 is 15.1 Å². The monoisotopic (exact) mass is 297 g/mol. The molecule has 1 aliphatic heterocycles. The Balaban J connectivity index is 2.10. The number of hydrogen-bond donors (Lipinski definition) is 2. The van der Waals surface area contributed by atoms with Crippen LogP contribution in [-0.2, 0) is 11.2 Å². The molecule has 1 amide bonds. The lowest BCUT2D eigenvalue weighted by molar-refractivity contribution is -0.136. The maximum atomic E-state index is 12.4. The van der Waals surface area contributed by atoms with Crippen LogP contribution in [0.5, 0.6) is 5.75 Å². The van der Waals surface area contributed by atoms with Crippen LogP contribution in [0, 0.1) is 5.92 Å². The largest absolute Gasteiger partial charge is 0.508 e. The molecule has 0 aromatic heterocycles. The Bertz CT molecular complexity index is 492. The van der Waals surface area contributed by atoms with E-state index in [4.69, 9.17) is 11.6 Å². The highest BCUT2D eigenvalue weighted by Crippen LogP contribution is 2.26. The molecule has 1 aliphatic rings. The van der Waals surface area contributed by atoms with Crippen molar-refractivity contribution in [1.29, 1.82) is 0 Å². The van der Waals surface area contributed by atoms with Crippen molar-refractivity contribution >= 4 is 17.5 Å². The number of piperidine rings is 1. The zero-order valence-electron chi connectivity index (χ0n) is 11.6. The molecule has 4 nitrogen and oxygen atoms in total. The van der Waals surface area contributed by atoms with Gasteiger partial charge >= 0.3 is 0 Å². The smallest absolute Gasteiger partial charge is 0.227 e. The summed E-state index contributed by atoms with van der Waals surface area (Å²) >= 11 is 6.03. The van der Waals surface area contributed by atoms with Crippen LogP contribution in [-0.4, -0.2) is 40.2 Å². The fourth-order valence-corrected chi connectivity index (χ4v) is 3.02. The Morgan fingerprint density at radius 3 is 2.90 bits per heavy atom. The van der Waals surface area contributed by atoms with E-state index in [0.717, 1.165) is 12.8 Å². The molecule has 0 bridgehead atoms. The SMILES string of the molecule is C[C@H]1CCCN(C(=O)Cc2ccc(O)cc2Cl)[C@H]1CO. The first-order valence-electron chi connectivity index (χ1n) is 6.90. The molecule has 1 fully saturated rings. The Hall–Kier alpha value is -1.26. The number of phenols is 1. The molecule has 110 valence electrons. The third-order valence-corrected chi connectivity index (χ3v) is 4.35. The first-order chi connectivity index (χ1) is 9.52. The molecule has 2 rings (SSSR count). The number of likely N-dealkylation sites (tertiary alicyclic amines) is 1. The average Bonchev–Trinajstić information content (AvgIpc) is 2.41. The first kappa shape index (κ1) is 15.1. The predicted molar refractivity (Wildman–Crippen MR) is 77.8 cm³/mol. The standard InChI is InChI=1S/C15H20ClNO3/c1-10-3-2-6-17(14(10)9-18)15(20)7-11-4-5-12(19)8-13(11)16/h4-5,8,10,14,18-19H,2-3,6-7,9H2,1H3/t10-,14-/m0/s1. The van der Waals surface area contributed by atoms with Gasteiger partial charge in [0.2, 0.25) is 5.91 Å². The molecule has 0 radical (unpaired) electrons. The van der Waals surface area contributed by atoms with Crippen LogP contribution >= 0.6 is 11.6 Å². The number of nitrogens with zero attached hydrogens (tertiary/aromatic N) is 1. The minimum absolute atomic E-state index is 0.00375. The van der Waals surface area contributed by atoms with Gasteiger partial charge in [-0.25, -0.2) is 0 Å². The van der Waals surface area contributed by atoms with Crippen molar-refractivity contribution in [2.45, 2.75) is 32.2 Å². The molecule has 1 aromatic carbocycles. The van der Waals surface area contributed by atoms with Crippen molar-refractivity contribution in [3.63, 3.8) is 0 Å². The van der Waals surface area contributed by atoms with Crippen molar-refractivity contribution in [1.82, 2.24) is 4.90 Å². The van der Waals surface area contributed by atoms with Gasteiger partial charge in [0.25, 0.3) is 0 Å². The van der Waals surface area contributed by atoms with Crippen LogP contribution in [0.3, 0.4) is 0 Å². The second-order valence-electron chi connectivity index (χ2n) is 5.41. The van der Waals surface area contributed by atoms with E-state index < -0.39 is 0 Å². The second-order valence-corrected chi connectivity index (χ2v) is 5.82. The van der Waals surface area contributed by atoms with Gasteiger partial charge in [0.05, 0.1) is 19.1 Å². The topological polar surface area (TPSA) is 60.8 Å². The highest BCUT2D eigenvalue weighted by molar-refractivity contribution is 6.31. The highest BCUT2D eigenvalue weighted by atomic mass is 35.5. The molecular formula is C15H20ClNO3. The summed E-state index contributed by atoms with van der Waals surface area (Å²) in [6.07, 6.45) is 2.20. The lowest BCUT2D eigenvalue weighted by Gasteiger charge is -2.39. The summed E-state index contributed by atoms with van der Waals surface area (Å²) in [6.45, 7) is 2.74. The van der Waals surface area contributed by atoms with E-state index >= 15 is 0 Å². The predicted octanol–water partition coefficient (Wildman–Crippen LogP) is 2.21. The molecule has 1 heterocycles. The number of aromatic hydroxyl groups is 1. The van der Waals surface area contributed by atoms with E-state index in [1.54, 1.807) is 11.0 Å². The molecule has 0 spiro atoms. The number of aliphatic hydroxyl groups excluding tert-OH is 1. The van der Waals surface area contributed by atoms with Gasteiger partial charge in [-0.1, -0.05) is 24.6 Å². The summed E-state index contributed by atoms with van der Waals surface area (Å²) in [4.78, 5) is 14.2. The highest BCUT2D eigenvalue weighted by Gasteiger charge is 2.31. The minimum atomic E-state index is -0.104. The van der Waals surface area contributed by atoms with E-state index in [-0.39, 0.29) is 30.7 Å². The van der Waals surface area contributed by atoms with Crippen molar-refractivity contribution in [2.75, 3.05) is 13.2 Å². The quantitative estimate of drug-likeness (QED) is 0.899. The molecule has 20 heavy (non-hydrogen) atoms. The third-order valence-electron chi connectivity index (χ3n) is 4.00. The van der Waals surface area contributed by atoms with E-state index in [1.807, 2.05) is 0 Å². The number of carbonyl (C=O) groups excluding carboxylic acids is 1. The summed E-state index contributed by atoms with van der Waals surface area (Å²) in [5.74, 6) is 0.377. The minimum Gasteiger partial charge on any atom is -0.508 e. The summed E-state index contributed by atoms with van der Waals surface area (Å²) in [6, 6.07) is 4.52. The fraction of sp³-hybridized carbons (Fsp3) is 0.533. The number of hydrogen-bond acceptors (Lipinski definition) is 3. The molecular weight excluding hydrogens is 278 g/mol. The van der Waals surface area contributed by atoms with Crippen LogP contribution in [0.2, 0.25) is 5.02 Å². The summed E-state index contributed by atoms with van der Waals surface area (Å²) in [5, 5.41) is 19.2. The Labute approximate surface area is 124 Å². The number of rotatable bonds is 3. The van der Waals surface area contributed by atoms with Gasteiger partial charge in [0, 0.05) is 11.6 Å². The number of amides is 1. The van der Waals surface area contributed by atoms with Crippen LogP contribution < -0.4 is 0 Å². The summed E-state index contributed by atoms with van der Waals surface area (Å²) in [7, 11) is 0. The number of benzene rings is 1. The lowest BCUT2D eigenvalue weighted by Crippen LogP contribution is -2.50. The maximum absolute atomic E-state index is 12.4. The van der Waals surface area contributed by atoms with Crippen molar-refractivity contribution in [2.24, 2.45) is 5.92 Å². The average molecular weight is 298 g/mol. The first-order valence-corrected chi connectivity index (χ1v) is 7.28. The van der Waals surface area contributed by atoms with Gasteiger partial charge in [-0.2, -0.15) is 0 Å². The molecule has 0 aliphatic carbocycles. The number of phenolic OH excluding ortho intramolecular Hbond substituents is 1. The van der Waals surface area contributed by atoms with Crippen LogP contribution in [0.1, 0.15) is 25.3 Å². The van der Waals surface area contributed by atoms with Gasteiger partial charge in [-0.15, -0.1) is 0 Å². The number of carbonyl (C=O) groups is 1. The van der Waals surface area contributed by atoms with Crippen molar-refractivity contribution in [3.05, 3.63) is 28.8 Å². The second kappa shape index (κ2) is 6.46. The lowest BCUT2D eigenvalue weighted by atomic mass is 9.91. The van der Waals surface area contributed by atoms with E-state index in [0.29, 0.717) is 23.0 Å². The van der Waals surface area contributed by atoms with Gasteiger partial charge in [0.15, 0.2) is 0 Å². The Kier molecular flexibility index (Phi) is 4.89. The molecule has 5 heteroatoms. The Morgan fingerprint density at radius 2 is 2.25 bits per heavy atom. The van der Waals surface area contributed by atoms with Gasteiger partial charge in [0.1, 0.15) is 5.75 Å². The van der Waals surface area contributed by atoms with E-state index in [1.165, 1.54) is 12.1 Å². The van der Waals surface area contributed by atoms with Crippen LogP contribution in [0.15, 0.2) is 18.2 Å². The zero-order valence-corrected chi connectivity index (χ0v) is 12.3.